The van der Waals surface area contributed by atoms with Crippen molar-refractivity contribution in [3.8, 4) is 12.3 Å². The van der Waals surface area contributed by atoms with Crippen LogP contribution in [0.5, 0.6) is 0 Å². The second-order valence-electron chi connectivity index (χ2n) is 5.05. The largest absolute Gasteiger partial charge is 0.377 e. The molecule has 0 spiro atoms. The Balaban J connectivity index is 1.57. The number of ether oxygens (including phenoxy) is 2. The number of hydrogen-bond donors (Lipinski definition) is 0. The predicted molar refractivity (Wildman–Crippen MR) is 81.2 cm³/mol. The first-order valence-corrected chi connectivity index (χ1v) is 7.25. The quantitative estimate of drug-likeness (QED) is 0.427. The summed E-state index contributed by atoms with van der Waals surface area (Å²) in [6.07, 6.45) is 13.7. The van der Waals surface area contributed by atoms with Gasteiger partial charge in [0.2, 0.25) is 0 Å². The summed E-state index contributed by atoms with van der Waals surface area (Å²) in [5.41, 5.74) is 1.22. The van der Waals surface area contributed by atoms with Crippen molar-refractivity contribution < 1.29 is 9.47 Å². The molecule has 1 aromatic rings. The van der Waals surface area contributed by atoms with Crippen molar-refractivity contribution in [1.29, 1.82) is 0 Å². The topological polar surface area (TPSA) is 18.5 Å². The summed E-state index contributed by atoms with van der Waals surface area (Å²) >= 11 is 0. The first-order valence-electron chi connectivity index (χ1n) is 7.25. The van der Waals surface area contributed by atoms with Gasteiger partial charge in [0.15, 0.2) is 0 Å². The molecule has 20 heavy (non-hydrogen) atoms. The first kappa shape index (κ1) is 14.8. The van der Waals surface area contributed by atoms with Gasteiger partial charge < -0.3 is 9.47 Å². The lowest BCUT2D eigenvalue weighted by atomic mass is 10.1. The summed E-state index contributed by atoms with van der Waals surface area (Å²) in [6.45, 7) is 1.46. The normalized spacial score (nSPS) is 21.6. The van der Waals surface area contributed by atoms with E-state index in [1.54, 1.807) is 0 Å². The first-order chi connectivity index (χ1) is 9.88. The average Bonchev–Trinajstić information content (AvgIpc) is 2.49. The molecular formula is C18H22O2. The lowest BCUT2D eigenvalue weighted by molar-refractivity contribution is -0.00206. The Kier molecular flexibility index (Phi) is 6.37. The molecule has 0 unspecified atom stereocenters. The van der Waals surface area contributed by atoms with Crippen LogP contribution in [0.1, 0.15) is 31.2 Å². The van der Waals surface area contributed by atoms with E-state index >= 15 is 0 Å². The second kappa shape index (κ2) is 8.58. The molecule has 1 aromatic carbocycles. The predicted octanol–water partition coefficient (Wildman–Crippen LogP) is 3.72. The van der Waals surface area contributed by atoms with Crippen LogP contribution >= 0.6 is 0 Å². The third-order valence-electron chi connectivity index (χ3n) is 3.36. The third kappa shape index (κ3) is 5.21. The summed E-state index contributed by atoms with van der Waals surface area (Å²) in [7, 11) is 0. The standard InChI is InChI=1S/C18H22O2/c1-2-8-17-11-6-12-18(20-17)13-7-14-19-15-16-9-4-3-5-10-16/h1,3-6,9-11,17-18H,7-8,12-15H2/t17-,18+/m1/s1. The molecule has 0 aromatic heterocycles. The minimum atomic E-state index is 0.101. The van der Waals surface area contributed by atoms with Crippen molar-refractivity contribution in [3.63, 3.8) is 0 Å². The van der Waals surface area contributed by atoms with Crippen molar-refractivity contribution in [2.75, 3.05) is 6.61 Å². The lowest BCUT2D eigenvalue weighted by Gasteiger charge is -2.24. The molecule has 0 bridgehead atoms. The van der Waals surface area contributed by atoms with Crippen molar-refractivity contribution in [1.82, 2.24) is 0 Å². The van der Waals surface area contributed by atoms with Crippen LogP contribution in [-0.4, -0.2) is 18.8 Å². The van der Waals surface area contributed by atoms with Crippen LogP contribution in [-0.2, 0) is 16.1 Å². The molecule has 2 rings (SSSR count). The molecule has 0 radical (unpaired) electrons. The molecule has 0 saturated heterocycles. The van der Waals surface area contributed by atoms with Gasteiger partial charge in [0, 0.05) is 13.0 Å². The zero-order chi connectivity index (χ0) is 14.0. The Morgan fingerprint density at radius 3 is 2.95 bits per heavy atom. The van der Waals surface area contributed by atoms with E-state index in [4.69, 9.17) is 15.9 Å². The highest BCUT2D eigenvalue weighted by Crippen LogP contribution is 2.18. The highest BCUT2D eigenvalue weighted by molar-refractivity contribution is 5.13. The smallest absolute Gasteiger partial charge is 0.0868 e. The highest BCUT2D eigenvalue weighted by Gasteiger charge is 2.16. The fourth-order valence-electron chi connectivity index (χ4n) is 2.33. The fourth-order valence-corrected chi connectivity index (χ4v) is 2.33. The summed E-state index contributed by atoms with van der Waals surface area (Å²) in [5.74, 6) is 2.65. The maximum atomic E-state index is 5.91. The SMILES string of the molecule is C#CC[C@@H]1C=CC[C@@H](CCCOCc2ccccc2)O1. The summed E-state index contributed by atoms with van der Waals surface area (Å²) in [4.78, 5) is 0. The Hall–Kier alpha value is -1.56. The van der Waals surface area contributed by atoms with Crippen molar-refractivity contribution in [2.45, 2.75) is 44.5 Å². The molecule has 0 saturated carbocycles. The van der Waals surface area contributed by atoms with Gasteiger partial charge in [0.25, 0.3) is 0 Å². The molecule has 0 amide bonds. The van der Waals surface area contributed by atoms with Crippen LogP contribution < -0.4 is 0 Å². The molecule has 2 nitrogen and oxygen atoms in total. The molecule has 2 atom stereocenters. The average molecular weight is 270 g/mol. The summed E-state index contributed by atoms with van der Waals surface area (Å²) in [6, 6.07) is 10.3. The van der Waals surface area contributed by atoms with Gasteiger partial charge in [-0.2, -0.15) is 0 Å². The molecule has 0 aliphatic carbocycles. The minimum Gasteiger partial charge on any atom is -0.377 e. The number of terminal acetylenes is 1. The zero-order valence-corrected chi connectivity index (χ0v) is 11.8. The molecule has 1 aliphatic rings. The van der Waals surface area contributed by atoms with Gasteiger partial charge >= 0.3 is 0 Å². The van der Waals surface area contributed by atoms with Crippen LogP contribution in [0, 0.1) is 12.3 Å². The van der Waals surface area contributed by atoms with Gasteiger partial charge in [-0.25, -0.2) is 0 Å². The number of rotatable bonds is 7. The summed E-state index contributed by atoms with van der Waals surface area (Å²) < 4.78 is 11.6. The van der Waals surface area contributed by atoms with Crippen LogP contribution in [0.25, 0.3) is 0 Å². The summed E-state index contributed by atoms with van der Waals surface area (Å²) in [5, 5.41) is 0. The molecule has 0 fully saturated rings. The zero-order valence-electron chi connectivity index (χ0n) is 11.8. The number of hydrogen-bond acceptors (Lipinski definition) is 2. The van der Waals surface area contributed by atoms with E-state index in [1.807, 2.05) is 18.2 Å². The van der Waals surface area contributed by atoms with Gasteiger partial charge in [-0.05, 0) is 24.8 Å². The molecule has 1 aliphatic heterocycles. The van der Waals surface area contributed by atoms with E-state index in [0.717, 1.165) is 25.9 Å². The van der Waals surface area contributed by atoms with Gasteiger partial charge in [-0.15, -0.1) is 12.3 Å². The van der Waals surface area contributed by atoms with Crippen LogP contribution in [0.4, 0.5) is 0 Å². The highest BCUT2D eigenvalue weighted by atomic mass is 16.5. The second-order valence-corrected chi connectivity index (χ2v) is 5.05. The monoisotopic (exact) mass is 270 g/mol. The Labute approximate surface area is 121 Å². The maximum Gasteiger partial charge on any atom is 0.0868 e. The van der Waals surface area contributed by atoms with Gasteiger partial charge in [0.1, 0.15) is 0 Å². The van der Waals surface area contributed by atoms with Crippen molar-refractivity contribution in [2.24, 2.45) is 0 Å². The molecular weight excluding hydrogens is 248 g/mol. The van der Waals surface area contributed by atoms with E-state index in [0.29, 0.717) is 19.1 Å². The number of benzene rings is 1. The van der Waals surface area contributed by atoms with Crippen LogP contribution in [0.3, 0.4) is 0 Å². The van der Waals surface area contributed by atoms with Gasteiger partial charge in [-0.3, -0.25) is 0 Å². The Morgan fingerprint density at radius 1 is 1.30 bits per heavy atom. The van der Waals surface area contributed by atoms with E-state index < -0.39 is 0 Å². The molecule has 0 N–H and O–H groups in total. The molecule has 106 valence electrons. The molecule has 1 heterocycles. The molecule has 2 heteroatoms. The van der Waals surface area contributed by atoms with E-state index in [2.05, 4.69) is 30.2 Å². The fraction of sp³-hybridized carbons (Fsp3) is 0.444. The van der Waals surface area contributed by atoms with E-state index in [9.17, 15) is 0 Å². The van der Waals surface area contributed by atoms with Gasteiger partial charge in [-0.1, -0.05) is 42.5 Å². The van der Waals surface area contributed by atoms with E-state index in [1.165, 1.54) is 5.56 Å². The third-order valence-corrected chi connectivity index (χ3v) is 3.36. The Bertz CT molecular complexity index is 444. The van der Waals surface area contributed by atoms with Crippen molar-refractivity contribution >= 4 is 0 Å². The van der Waals surface area contributed by atoms with E-state index in [-0.39, 0.29) is 6.10 Å². The minimum absolute atomic E-state index is 0.101. The van der Waals surface area contributed by atoms with Crippen LogP contribution in [0.2, 0.25) is 0 Å². The van der Waals surface area contributed by atoms with Crippen molar-refractivity contribution in [3.05, 3.63) is 48.0 Å². The van der Waals surface area contributed by atoms with Crippen LogP contribution in [0.15, 0.2) is 42.5 Å². The maximum absolute atomic E-state index is 5.91. The lowest BCUT2D eigenvalue weighted by Crippen LogP contribution is -2.24. The van der Waals surface area contributed by atoms with Gasteiger partial charge in [0.05, 0.1) is 18.8 Å². The Morgan fingerprint density at radius 2 is 2.15 bits per heavy atom.